The third kappa shape index (κ3) is 4.04. The van der Waals surface area contributed by atoms with Crippen LogP contribution in [0.15, 0.2) is 42.7 Å². The molecular weight excluding hydrogens is 340 g/mol. The maximum absolute atomic E-state index is 12.9. The Bertz CT molecular complexity index is 775. The zero-order chi connectivity index (χ0) is 18.6. The monoisotopic (exact) mass is 366 g/mol. The largest absolute Gasteiger partial charge is 0.338 e. The van der Waals surface area contributed by atoms with E-state index in [4.69, 9.17) is 0 Å². The summed E-state index contributed by atoms with van der Waals surface area (Å²) >= 11 is 0. The van der Waals surface area contributed by atoms with Gasteiger partial charge in [0.25, 0.3) is 5.91 Å². The Kier molecular flexibility index (Phi) is 5.23. The molecule has 3 fully saturated rings. The Morgan fingerprint density at radius 1 is 1.11 bits per heavy atom. The molecule has 0 radical (unpaired) electrons. The predicted molar refractivity (Wildman–Crippen MR) is 102 cm³/mol. The number of rotatable bonds is 5. The Hall–Kier alpha value is -2.63. The first kappa shape index (κ1) is 17.8. The van der Waals surface area contributed by atoms with Crippen LogP contribution in [0.25, 0.3) is 0 Å². The van der Waals surface area contributed by atoms with Crippen LogP contribution in [-0.4, -0.2) is 57.5 Å². The molecule has 2 bridgehead atoms. The molecule has 2 aromatic rings. The van der Waals surface area contributed by atoms with E-state index >= 15 is 0 Å². The summed E-state index contributed by atoms with van der Waals surface area (Å²) < 4.78 is 0. The molecule has 1 aromatic heterocycles. The average molecular weight is 366 g/mol. The molecule has 3 aliphatic heterocycles. The van der Waals surface area contributed by atoms with Crippen molar-refractivity contribution in [2.24, 2.45) is 5.92 Å². The van der Waals surface area contributed by atoms with Crippen molar-refractivity contribution >= 4 is 11.8 Å². The lowest BCUT2D eigenvalue weighted by atomic mass is 9.94. The number of nitrogens with zero attached hydrogens (tertiary/aromatic N) is 3. The lowest BCUT2D eigenvalue weighted by Gasteiger charge is -2.36. The van der Waals surface area contributed by atoms with Crippen LogP contribution in [0.3, 0.4) is 0 Å². The van der Waals surface area contributed by atoms with Crippen LogP contribution in [0, 0.1) is 5.92 Å². The molecule has 0 saturated carbocycles. The molecule has 3 aliphatic rings. The Morgan fingerprint density at radius 3 is 2.74 bits per heavy atom. The third-order valence-electron chi connectivity index (χ3n) is 5.75. The third-order valence-corrected chi connectivity index (χ3v) is 5.75. The van der Waals surface area contributed by atoms with Gasteiger partial charge in [0.2, 0.25) is 5.91 Å². The number of carbonyl (C=O) groups is 2. The molecule has 2 atom stereocenters. The minimum absolute atomic E-state index is 0.0850. The summed E-state index contributed by atoms with van der Waals surface area (Å²) in [6.07, 6.45) is 8.04. The van der Waals surface area contributed by atoms with Crippen molar-refractivity contribution in [3.63, 3.8) is 0 Å². The Labute approximate surface area is 159 Å². The molecule has 1 N–H and O–H groups in total. The van der Waals surface area contributed by atoms with Crippen LogP contribution in [0.1, 0.15) is 41.6 Å². The number of benzene rings is 1. The standard InChI is InChI=1S/C21H26N4O2/c26-20(8-4-5-16-11-22-23-12-16)25-14-17-9-10-19(25)15-24(13-17)21(27)18-6-2-1-3-7-18/h1-3,6-7,11-12,17,19H,4-5,8-10,13-15H2,(H,22,23)/t17-,19+/m1/s1. The number of aromatic amines is 1. The van der Waals surface area contributed by atoms with Crippen molar-refractivity contribution in [3.8, 4) is 0 Å². The van der Waals surface area contributed by atoms with Gasteiger partial charge in [0.15, 0.2) is 0 Å². The molecule has 2 amide bonds. The molecule has 5 rings (SSSR count). The van der Waals surface area contributed by atoms with E-state index in [9.17, 15) is 9.59 Å². The van der Waals surface area contributed by atoms with Crippen LogP contribution in [-0.2, 0) is 11.2 Å². The highest BCUT2D eigenvalue weighted by molar-refractivity contribution is 5.94. The summed E-state index contributed by atoms with van der Waals surface area (Å²) in [6, 6.07) is 9.61. The maximum atomic E-state index is 12.9. The van der Waals surface area contributed by atoms with Gasteiger partial charge in [0, 0.05) is 43.9 Å². The summed E-state index contributed by atoms with van der Waals surface area (Å²) in [5.41, 5.74) is 1.87. The van der Waals surface area contributed by atoms with E-state index in [-0.39, 0.29) is 17.9 Å². The zero-order valence-corrected chi connectivity index (χ0v) is 15.5. The van der Waals surface area contributed by atoms with Gasteiger partial charge in [-0.3, -0.25) is 14.7 Å². The van der Waals surface area contributed by atoms with Gasteiger partial charge in [-0.05, 0) is 49.3 Å². The summed E-state index contributed by atoms with van der Waals surface area (Å²) in [5, 5.41) is 6.75. The van der Waals surface area contributed by atoms with Crippen molar-refractivity contribution in [2.45, 2.75) is 38.1 Å². The van der Waals surface area contributed by atoms with Gasteiger partial charge in [-0.25, -0.2) is 0 Å². The van der Waals surface area contributed by atoms with E-state index in [1.54, 1.807) is 0 Å². The van der Waals surface area contributed by atoms with E-state index in [1.165, 1.54) is 0 Å². The van der Waals surface area contributed by atoms with Crippen molar-refractivity contribution in [1.82, 2.24) is 20.0 Å². The summed E-state index contributed by atoms with van der Waals surface area (Å²) in [4.78, 5) is 29.7. The number of aromatic nitrogens is 2. The second-order valence-electron chi connectivity index (χ2n) is 7.68. The second-order valence-corrected chi connectivity index (χ2v) is 7.68. The number of hydrogen-bond donors (Lipinski definition) is 1. The highest BCUT2D eigenvalue weighted by Gasteiger charge is 2.38. The van der Waals surface area contributed by atoms with Crippen molar-refractivity contribution in [3.05, 3.63) is 53.9 Å². The fraction of sp³-hybridized carbons (Fsp3) is 0.476. The molecule has 142 valence electrons. The van der Waals surface area contributed by atoms with Crippen LogP contribution in [0.4, 0.5) is 0 Å². The Balaban J connectivity index is 1.37. The van der Waals surface area contributed by atoms with Gasteiger partial charge in [-0.2, -0.15) is 5.10 Å². The number of H-pyrrole nitrogens is 1. The van der Waals surface area contributed by atoms with Crippen LogP contribution >= 0.6 is 0 Å². The van der Waals surface area contributed by atoms with Gasteiger partial charge in [0.1, 0.15) is 0 Å². The lowest BCUT2D eigenvalue weighted by molar-refractivity contribution is -0.135. The smallest absolute Gasteiger partial charge is 0.253 e. The topological polar surface area (TPSA) is 69.3 Å². The van der Waals surface area contributed by atoms with Crippen molar-refractivity contribution < 1.29 is 9.59 Å². The molecule has 0 spiro atoms. The lowest BCUT2D eigenvalue weighted by Crippen LogP contribution is -2.47. The van der Waals surface area contributed by atoms with Crippen LogP contribution in [0.2, 0.25) is 0 Å². The van der Waals surface area contributed by atoms with Gasteiger partial charge < -0.3 is 9.80 Å². The number of fused-ring (bicyclic) bond motifs is 4. The molecule has 0 unspecified atom stereocenters. The molecule has 1 aromatic carbocycles. The fourth-order valence-electron chi connectivity index (χ4n) is 4.32. The number of amides is 2. The molecule has 0 aliphatic carbocycles. The van der Waals surface area contributed by atoms with Gasteiger partial charge in [-0.1, -0.05) is 18.2 Å². The van der Waals surface area contributed by atoms with E-state index in [0.29, 0.717) is 18.9 Å². The van der Waals surface area contributed by atoms with Gasteiger partial charge in [-0.15, -0.1) is 0 Å². The number of nitrogens with one attached hydrogen (secondary N) is 1. The van der Waals surface area contributed by atoms with Crippen LogP contribution in [0.5, 0.6) is 0 Å². The highest BCUT2D eigenvalue weighted by Crippen LogP contribution is 2.29. The first-order valence-corrected chi connectivity index (χ1v) is 9.82. The molecular formula is C21H26N4O2. The van der Waals surface area contributed by atoms with Crippen LogP contribution < -0.4 is 0 Å². The molecule has 3 saturated heterocycles. The SMILES string of the molecule is O=C(c1ccccc1)N1C[C@H]2CC[C@@H](C1)N(C(=O)CCCc1cn[nH]c1)C2. The first-order valence-electron chi connectivity index (χ1n) is 9.82. The summed E-state index contributed by atoms with van der Waals surface area (Å²) in [6.45, 7) is 2.19. The Morgan fingerprint density at radius 2 is 1.96 bits per heavy atom. The minimum atomic E-state index is 0.0850. The molecule has 6 heteroatoms. The number of hydrogen-bond acceptors (Lipinski definition) is 3. The highest BCUT2D eigenvalue weighted by atomic mass is 16.2. The average Bonchev–Trinajstić information content (AvgIpc) is 3.05. The number of piperidine rings is 1. The minimum Gasteiger partial charge on any atom is -0.338 e. The zero-order valence-electron chi connectivity index (χ0n) is 15.5. The fourth-order valence-corrected chi connectivity index (χ4v) is 4.32. The van der Waals surface area contributed by atoms with Crippen molar-refractivity contribution in [2.75, 3.05) is 19.6 Å². The second kappa shape index (κ2) is 7.94. The maximum Gasteiger partial charge on any atom is 0.253 e. The quantitative estimate of drug-likeness (QED) is 0.884. The normalized spacial score (nSPS) is 21.9. The first-order chi connectivity index (χ1) is 13.2. The van der Waals surface area contributed by atoms with E-state index in [2.05, 4.69) is 10.2 Å². The van der Waals surface area contributed by atoms with E-state index in [0.717, 1.165) is 49.9 Å². The number of aryl methyl sites for hydroxylation is 1. The van der Waals surface area contributed by atoms with Gasteiger partial charge >= 0.3 is 0 Å². The summed E-state index contributed by atoms with van der Waals surface area (Å²) in [7, 11) is 0. The van der Waals surface area contributed by atoms with Gasteiger partial charge in [0.05, 0.1) is 6.20 Å². The number of carbonyl (C=O) groups excluding carboxylic acids is 2. The van der Waals surface area contributed by atoms with E-state index < -0.39 is 0 Å². The van der Waals surface area contributed by atoms with Crippen molar-refractivity contribution in [1.29, 1.82) is 0 Å². The van der Waals surface area contributed by atoms with E-state index in [1.807, 2.05) is 52.5 Å². The molecule has 6 nitrogen and oxygen atoms in total. The molecule has 4 heterocycles. The summed E-state index contributed by atoms with van der Waals surface area (Å²) in [5.74, 6) is 0.693. The molecule has 27 heavy (non-hydrogen) atoms. The predicted octanol–water partition coefficient (Wildman–Crippen LogP) is 2.50.